The van der Waals surface area contributed by atoms with Crippen LogP contribution in [0.4, 0.5) is 10.1 Å². The fraction of sp³-hybridized carbons (Fsp3) is 0.280. The molecule has 2 aromatic carbocycles. The number of amides is 1. The number of thiazole rings is 1. The van der Waals surface area contributed by atoms with Crippen molar-refractivity contribution in [3.05, 3.63) is 68.7 Å². The van der Waals surface area contributed by atoms with Crippen LogP contribution in [0.1, 0.15) is 12.8 Å². The van der Waals surface area contributed by atoms with Crippen molar-refractivity contribution in [3.63, 3.8) is 0 Å². The van der Waals surface area contributed by atoms with E-state index < -0.39 is 5.82 Å². The second-order valence-electron chi connectivity index (χ2n) is 8.31. The summed E-state index contributed by atoms with van der Waals surface area (Å²) in [5.41, 5.74) is 1.12. The van der Waals surface area contributed by atoms with Gasteiger partial charge in [-0.3, -0.25) is 14.2 Å². The number of aromatic nitrogens is 3. The molecule has 192 valence electrons. The van der Waals surface area contributed by atoms with Gasteiger partial charge in [0.1, 0.15) is 16.3 Å². The van der Waals surface area contributed by atoms with Gasteiger partial charge >= 0.3 is 0 Å². The molecule has 0 saturated carbocycles. The van der Waals surface area contributed by atoms with Gasteiger partial charge in [0.05, 0.1) is 36.9 Å². The summed E-state index contributed by atoms with van der Waals surface area (Å²) in [6, 6.07) is 12.7. The molecule has 1 fully saturated rings. The maximum Gasteiger partial charge on any atom is 0.278 e. The van der Waals surface area contributed by atoms with Crippen molar-refractivity contribution in [3.8, 4) is 11.4 Å². The number of hydrogen-bond donors (Lipinski definition) is 1. The lowest BCUT2D eigenvalue weighted by Crippen LogP contribution is -2.23. The first-order valence-electron chi connectivity index (χ1n) is 11.5. The molecule has 1 amide bonds. The Kier molecular flexibility index (Phi) is 7.70. The Morgan fingerprint density at radius 1 is 1.30 bits per heavy atom. The van der Waals surface area contributed by atoms with Gasteiger partial charge < -0.3 is 19.4 Å². The van der Waals surface area contributed by atoms with E-state index in [1.807, 2.05) is 10.6 Å². The molecule has 8 nitrogen and oxygen atoms in total. The molecule has 0 bridgehead atoms. The maximum atomic E-state index is 13.7. The molecule has 1 saturated heterocycles. The third kappa shape index (κ3) is 5.47. The van der Waals surface area contributed by atoms with Gasteiger partial charge in [0.15, 0.2) is 14.8 Å². The Labute approximate surface area is 225 Å². The van der Waals surface area contributed by atoms with Gasteiger partial charge in [0.2, 0.25) is 5.91 Å². The van der Waals surface area contributed by atoms with Crippen LogP contribution in [0, 0.1) is 9.77 Å². The van der Waals surface area contributed by atoms with E-state index in [2.05, 4.69) is 5.32 Å². The van der Waals surface area contributed by atoms with E-state index in [1.54, 1.807) is 18.2 Å². The Hall–Kier alpha value is -3.06. The molecule has 0 spiro atoms. The van der Waals surface area contributed by atoms with Crippen LogP contribution in [0.5, 0.6) is 5.75 Å². The van der Waals surface area contributed by atoms with Gasteiger partial charge in [-0.2, -0.15) is 0 Å². The third-order valence-corrected chi connectivity index (χ3v) is 8.23. The van der Waals surface area contributed by atoms with Crippen molar-refractivity contribution < 1.29 is 18.7 Å². The number of anilines is 1. The summed E-state index contributed by atoms with van der Waals surface area (Å²) in [6.07, 6.45) is 1.90. The second kappa shape index (κ2) is 11.1. The lowest BCUT2D eigenvalue weighted by Gasteiger charge is -2.14. The zero-order chi connectivity index (χ0) is 25.9. The molecule has 2 aromatic heterocycles. The number of rotatable bonds is 8. The monoisotopic (exact) mass is 558 g/mol. The average Bonchev–Trinajstić information content (AvgIpc) is 3.52. The van der Waals surface area contributed by atoms with Crippen LogP contribution in [0.25, 0.3) is 16.0 Å². The van der Waals surface area contributed by atoms with Crippen molar-refractivity contribution >= 4 is 57.3 Å². The van der Waals surface area contributed by atoms with E-state index in [-0.39, 0.29) is 23.3 Å². The van der Waals surface area contributed by atoms with Gasteiger partial charge in [-0.1, -0.05) is 35.2 Å². The minimum absolute atomic E-state index is 0.00793. The number of halogens is 1. The molecule has 3 heterocycles. The maximum absolute atomic E-state index is 13.7. The van der Waals surface area contributed by atoms with Crippen LogP contribution in [-0.4, -0.2) is 45.6 Å². The standard InChI is InChI=1S/C25H23FN4O4S3/c1-33-19-7-3-2-6-18(19)27-20(31)14-36-24-28-22-21(23(32)30(24)16-10-8-15(26)9-11-16)37-25(35)29(22)13-17-5-4-12-34-17/h2-3,6-11,17H,4-5,12-14H2,1H3,(H,27,31). The zero-order valence-corrected chi connectivity index (χ0v) is 22.3. The highest BCUT2D eigenvalue weighted by Gasteiger charge is 2.22. The zero-order valence-electron chi connectivity index (χ0n) is 19.8. The molecular weight excluding hydrogens is 535 g/mol. The predicted octanol–water partition coefficient (Wildman–Crippen LogP) is 5.04. The highest BCUT2D eigenvalue weighted by Crippen LogP contribution is 2.28. The van der Waals surface area contributed by atoms with Crippen LogP contribution in [0.2, 0.25) is 0 Å². The number of methoxy groups -OCH3 is 1. The SMILES string of the molecule is COc1ccccc1NC(=O)CSc1nc2c(sc(=S)n2CC2CCCO2)c(=O)n1-c1ccc(F)cc1. The fourth-order valence-electron chi connectivity index (χ4n) is 4.11. The number of nitrogens with one attached hydrogen (secondary N) is 1. The number of fused-ring (bicyclic) bond motifs is 1. The Bertz CT molecular complexity index is 1560. The van der Waals surface area contributed by atoms with E-state index in [0.717, 1.165) is 24.6 Å². The van der Waals surface area contributed by atoms with Gasteiger partial charge in [-0.15, -0.1) is 0 Å². The lowest BCUT2D eigenvalue weighted by atomic mass is 10.2. The van der Waals surface area contributed by atoms with E-state index in [1.165, 1.54) is 47.3 Å². The van der Waals surface area contributed by atoms with E-state index in [4.69, 9.17) is 26.7 Å². The lowest BCUT2D eigenvalue weighted by molar-refractivity contribution is -0.113. The summed E-state index contributed by atoms with van der Waals surface area (Å²) < 4.78 is 28.9. The van der Waals surface area contributed by atoms with Crippen LogP contribution >= 0.6 is 35.3 Å². The first-order valence-corrected chi connectivity index (χ1v) is 13.7. The summed E-state index contributed by atoms with van der Waals surface area (Å²) >= 11 is 7.87. The summed E-state index contributed by atoms with van der Waals surface area (Å²) in [7, 11) is 1.53. The van der Waals surface area contributed by atoms with Crippen LogP contribution in [0.15, 0.2) is 58.5 Å². The Morgan fingerprint density at radius 3 is 2.81 bits per heavy atom. The summed E-state index contributed by atoms with van der Waals surface area (Å²) in [5, 5.41) is 3.13. The molecule has 1 aliphatic heterocycles. The summed E-state index contributed by atoms with van der Waals surface area (Å²) in [5.74, 6) is -0.200. The van der Waals surface area contributed by atoms with E-state index in [0.29, 0.717) is 49.7 Å². The van der Waals surface area contributed by atoms with Crippen molar-refractivity contribution in [1.82, 2.24) is 14.1 Å². The minimum Gasteiger partial charge on any atom is -0.495 e. The normalized spacial score (nSPS) is 15.2. The predicted molar refractivity (Wildman–Crippen MR) is 145 cm³/mol. The Morgan fingerprint density at radius 2 is 2.08 bits per heavy atom. The number of benzene rings is 2. The van der Waals surface area contributed by atoms with Crippen LogP contribution in [0.3, 0.4) is 0 Å². The van der Waals surface area contributed by atoms with Crippen molar-refractivity contribution in [2.45, 2.75) is 30.6 Å². The number of thioether (sulfide) groups is 1. The van der Waals surface area contributed by atoms with Crippen molar-refractivity contribution in [1.29, 1.82) is 0 Å². The first-order chi connectivity index (χ1) is 17.9. The smallest absolute Gasteiger partial charge is 0.278 e. The van der Waals surface area contributed by atoms with E-state index in [9.17, 15) is 14.0 Å². The summed E-state index contributed by atoms with van der Waals surface area (Å²) in [4.78, 5) is 31.3. The van der Waals surface area contributed by atoms with Gasteiger partial charge in [0.25, 0.3) is 5.56 Å². The number of carbonyl (C=O) groups is 1. The Balaban J connectivity index is 1.52. The van der Waals surface area contributed by atoms with Crippen molar-refractivity contribution in [2.75, 3.05) is 24.8 Å². The fourth-order valence-corrected chi connectivity index (χ4v) is 6.19. The second-order valence-corrected chi connectivity index (χ2v) is 10.9. The number of para-hydroxylation sites is 2. The average molecular weight is 559 g/mol. The molecule has 0 radical (unpaired) electrons. The molecule has 1 unspecified atom stereocenters. The van der Waals surface area contributed by atoms with Gasteiger partial charge in [-0.05, 0) is 61.5 Å². The van der Waals surface area contributed by atoms with Gasteiger partial charge in [-0.25, -0.2) is 9.37 Å². The first kappa shape index (κ1) is 25.6. The number of carbonyl (C=O) groups excluding carboxylic acids is 1. The molecule has 12 heteroatoms. The third-order valence-electron chi connectivity index (χ3n) is 5.87. The largest absolute Gasteiger partial charge is 0.495 e. The minimum atomic E-state index is -0.422. The number of ether oxygens (including phenoxy) is 2. The molecule has 1 atom stereocenters. The highest BCUT2D eigenvalue weighted by molar-refractivity contribution is 7.99. The molecule has 5 rings (SSSR count). The van der Waals surface area contributed by atoms with Gasteiger partial charge in [0, 0.05) is 6.61 Å². The number of hydrogen-bond acceptors (Lipinski definition) is 8. The number of nitrogens with zero attached hydrogens (tertiary/aromatic N) is 3. The van der Waals surface area contributed by atoms with E-state index >= 15 is 0 Å². The van der Waals surface area contributed by atoms with Crippen LogP contribution in [-0.2, 0) is 16.1 Å². The molecule has 0 aliphatic carbocycles. The molecule has 4 aromatic rings. The molecule has 37 heavy (non-hydrogen) atoms. The molecule has 1 aliphatic rings. The molecular formula is C25H23FN4O4S3. The van der Waals surface area contributed by atoms with Crippen molar-refractivity contribution in [2.24, 2.45) is 0 Å². The van der Waals surface area contributed by atoms with Crippen LogP contribution < -0.4 is 15.6 Å². The topological polar surface area (TPSA) is 87.4 Å². The molecule has 1 N–H and O–H groups in total. The quantitative estimate of drug-likeness (QED) is 0.184. The highest BCUT2D eigenvalue weighted by atomic mass is 32.2. The summed E-state index contributed by atoms with van der Waals surface area (Å²) in [6.45, 7) is 1.21.